The van der Waals surface area contributed by atoms with E-state index in [1.54, 1.807) is 0 Å². The van der Waals surface area contributed by atoms with E-state index in [2.05, 4.69) is 130 Å². The molecule has 0 aromatic rings. The molecule has 0 aliphatic carbocycles. The fourth-order valence-corrected chi connectivity index (χ4v) is 8.40. The number of unbranched alkanes of at least 4 members (excludes halogenated alkanes) is 16. The predicted octanol–water partition coefficient (Wildman–Crippen LogP) is 16.0. The number of ether oxygens (including phenoxy) is 5. The molecule has 12 heteroatoms. The van der Waals surface area contributed by atoms with Crippen LogP contribution in [0.1, 0.15) is 226 Å². The molecule has 446 valence electrons. The van der Waals surface area contributed by atoms with E-state index in [0.717, 1.165) is 141 Å². The molecule has 0 aromatic carbocycles. The average molecular weight is 1100 g/mol. The molecule has 0 aromatic heterocycles. The number of hydrogen-bond donors (Lipinski definition) is 3. The maximum absolute atomic E-state index is 13.1. The van der Waals surface area contributed by atoms with Crippen molar-refractivity contribution in [3.63, 3.8) is 0 Å². The van der Waals surface area contributed by atoms with Gasteiger partial charge in [0.05, 0.1) is 6.61 Å². The fraction of sp³-hybridized carbons (Fsp3) is 0.642. The molecule has 0 amide bonds. The van der Waals surface area contributed by atoms with Gasteiger partial charge in [0.15, 0.2) is 24.6 Å². The zero-order valence-electron chi connectivity index (χ0n) is 49.1. The van der Waals surface area contributed by atoms with Gasteiger partial charge in [-0.25, -0.2) is 4.79 Å². The van der Waals surface area contributed by atoms with Crippen LogP contribution in [0.15, 0.2) is 122 Å². The summed E-state index contributed by atoms with van der Waals surface area (Å²) in [5.74, 6) is -3.27. The first kappa shape index (κ1) is 72.1. The summed E-state index contributed by atoms with van der Waals surface area (Å²) in [6, 6.07) is 0. The molecule has 3 N–H and O–H groups in total. The zero-order chi connectivity index (χ0) is 57.5. The topological polar surface area (TPSA) is 175 Å². The smallest absolute Gasteiger partial charge is 0.335 e. The third-order valence-corrected chi connectivity index (χ3v) is 13.0. The van der Waals surface area contributed by atoms with Gasteiger partial charge in [0.25, 0.3) is 0 Å². The van der Waals surface area contributed by atoms with E-state index in [4.69, 9.17) is 23.7 Å². The molecule has 0 spiro atoms. The van der Waals surface area contributed by atoms with Crippen LogP contribution in [-0.4, -0.2) is 89.2 Å². The van der Waals surface area contributed by atoms with Crippen LogP contribution in [0.5, 0.6) is 0 Å². The zero-order valence-corrected chi connectivity index (χ0v) is 49.1. The van der Waals surface area contributed by atoms with Gasteiger partial charge in [0.1, 0.15) is 18.8 Å². The maximum Gasteiger partial charge on any atom is 0.335 e. The molecule has 6 unspecified atom stereocenters. The number of carboxylic acid groups (broad SMARTS) is 1. The third-order valence-electron chi connectivity index (χ3n) is 13.0. The largest absolute Gasteiger partial charge is 0.479 e. The molecule has 1 aliphatic heterocycles. The Labute approximate surface area is 478 Å². The number of carboxylic acids is 1. The summed E-state index contributed by atoms with van der Waals surface area (Å²) >= 11 is 0. The molecule has 6 atom stereocenters. The minimum absolute atomic E-state index is 0.0312. The SMILES string of the molecule is CC/C=C\C/C=C\C/C=C\C/C=C\CCCCCCCCC(=O)OCC(COC1OC(C(=O)O)C(O)C(O)C1OC(=O)CCCCCCCCC/C=C\C/C=C\CCCCC)OC(=O)CC/C=C\C/C=C\C/C=C\C/C=C\CC. The van der Waals surface area contributed by atoms with Crippen LogP contribution in [0.4, 0.5) is 0 Å². The highest BCUT2D eigenvalue weighted by molar-refractivity contribution is 5.74. The summed E-state index contributed by atoms with van der Waals surface area (Å²) in [5, 5.41) is 31.5. The molecule has 1 fully saturated rings. The lowest BCUT2D eigenvalue weighted by Crippen LogP contribution is -2.61. The second-order valence-corrected chi connectivity index (χ2v) is 20.2. The molecule has 1 aliphatic rings. The van der Waals surface area contributed by atoms with E-state index >= 15 is 0 Å². The van der Waals surface area contributed by atoms with Gasteiger partial charge in [0, 0.05) is 19.3 Å². The summed E-state index contributed by atoms with van der Waals surface area (Å²) in [5.41, 5.74) is 0. The van der Waals surface area contributed by atoms with Crippen LogP contribution in [0, 0.1) is 0 Å². The number of aliphatic hydroxyl groups is 2. The van der Waals surface area contributed by atoms with Crippen molar-refractivity contribution in [1.82, 2.24) is 0 Å². The van der Waals surface area contributed by atoms with E-state index in [9.17, 15) is 34.5 Å². The van der Waals surface area contributed by atoms with Crippen LogP contribution >= 0.6 is 0 Å². The van der Waals surface area contributed by atoms with Gasteiger partial charge in [-0.15, -0.1) is 0 Å². The molecular formula is C67H106O12. The number of hydrogen-bond acceptors (Lipinski definition) is 11. The molecule has 0 radical (unpaired) electrons. The summed E-state index contributed by atoms with van der Waals surface area (Å²) in [7, 11) is 0. The first-order chi connectivity index (χ1) is 38.6. The van der Waals surface area contributed by atoms with Crippen molar-refractivity contribution in [2.45, 2.75) is 263 Å². The number of carbonyl (C=O) groups is 4. The third kappa shape index (κ3) is 43.6. The molecule has 1 heterocycles. The van der Waals surface area contributed by atoms with Gasteiger partial charge in [0.2, 0.25) is 0 Å². The van der Waals surface area contributed by atoms with E-state index in [0.29, 0.717) is 25.7 Å². The first-order valence-electron chi connectivity index (χ1n) is 30.5. The average Bonchev–Trinajstić information content (AvgIpc) is 3.47. The Bertz CT molecular complexity index is 1840. The first-order valence-corrected chi connectivity index (χ1v) is 30.5. The molecule has 12 nitrogen and oxygen atoms in total. The van der Waals surface area contributed by atoms with Gasteiger partial charge in [-0.3, -0.25) is 14.4 Å². The lowest BCUT2D eigenvalue weighted by Gasteiger charge is -2.40. The quantitative estimate of drug-likeness (QED) is 0.0228. The van der Waals surface area contributed by atoms with Gasteiger partial charge < -0.3 is 39.0 Å². The van der Waals surface area contributed by atoms with E-state index in [1.165, 1.54) is 19.3 Å². The van der Waals surface area contributed by atoms with Crippen LogP contribution in [0.2, 0.25) is 0 Å². The number of allylic oxidation sites excluding steroid dienone is 20. The van der Waals surface area contributed by atoms with E-state index < -0.39 is 67.3 Å². The van der Waals surface area contributed by atoms with E-state index in [1.807, 2.05) is 12.2 Å². The van der Waals surface area contributed by atoms with Crippen molar-refractivity contribution in [1.29, 1.82) is 0 Å². The highest BCUT2D eigenvalue weighted by Gasteiger charge is 2.50. The Hall–Kier alpha value is -4.88. The minimum Gasteiger partial charge on any atom is -0.479 e. The number of esters is 3. The van der Waals surface area contributed by atoms with Gasteiger partial charge in [-0.05, 0) is 116 Å². The predicted molar refractivity (Wildman–Crippen MR) is 321 cm³/mol. The minimum atomic E-state index is -1.92. The second-order valence-electron chi connectivity index (χ2n) is 20.2. The Kier molecular flexibility index (Phi) is 49.1. The lowest BCUT2D eigenvalue weighted by molar-refractivity contribution is -0.301. The molecule has 0 bridgehead atoms. The van der Waals surface area contributed by atoms with Gasteiger partial charge in [-0.1, -0.05) is 213 Å². The van der Waals surface area contributed by atoms with Crippen LogP contribution in [-0.2, 0) is 42.9 Å². The van der Waals surface area contributed by atoms with Crippen LogP contribution in [0.25, 0.3) is 0 Å². The Morgan fingerprint density at radius 3 is 1.27 bits per heavy atom. The number of aliphatic carboxylic acids is 1. The molecule has 0 saturated carbocycles. The number of aliphatic hydroxyl groups excluding tert-OH is 2. The Morgan fingerprint density at radius 2 is 0.823 bits per heavy atom. The number of carbonyl (C=O) groups excluding carboxylic acids is 3. The van der Waals surface area contributed by atoms with Crippen molar-refractivity contribution >= 4 is 23.9 Å². The highest BCUT2D eigenvalue weighted by Crippen LogP contribution is 2.26. The van der Waals surface area contributed by atoms with Gasteiger partial charge >= 0.3 is 23.9 Å². The fourth-order valence-electron chi connectivity index (χ4n) is 8.40. The van der Waals surface area contributed by atoms with Crippen LogP contribution < -0.4 is 0 Å². The monoisotopic (exact) mass is 1100 g/mol. The molecule has 1 rings (SSSR count). The lowest BCUT2D eigenvalue weighted by atomic mass is 9.98. The normalized spacial score (nSPS) is 18.7. The standard InChI is InChI=1S/C67H106O12/c1-4-7-10-13-16-19-22-25-27-29-30-32-33-36-38-41-44-47-50-53-59(68)75-56-58(77-60(69)54-51-48-45-42-39-35-24-21-18-15-12-9-6-3)57-76-67-65(63(72)62(71)64(79-67)66(73)74)78-61(70)55-52-49-46-43-40-37-34-31-28-26-23-20-17-14-11-8-5-2/h7,9-10,12,16-21,25-28,30,32,35,39,45,48,58,62-65,67,71-72H,4-6,8,11,13-15,22-24,29,31,33-34,36-38,40-44,46-47,49-57H2,1-3H3,(H,73,74)/b10-7-,12-9-,19-16-,20-17-,21-18-,27-25-,28-26-,32-30-,39-35-,48-45-. The summed E-state index contributed by atoms with van der Waals surface area (Å²) in [6.45, 7) is 5.66. The molecule has 1 saturated heterocycles. The van der Waals surface area contributed by atoms with Gasteiger partial charge in [-0.2, -0.15) is 0 Å². The van der Waals surface area contributed by atoms with Crippen molar-refractivity contribution in [3.8, 4) is 0 Å². The second kappa shape index (κ2) is 53.7. The molecular weight excluding hydrogens is 997 g/mol. The Balaban J connectivity index is 2.71. The summed E-state index contributed by atoms with van der Waals surface area (Å²) < 4.78 is 28.3. The van der Waals surface area contributed by atoms with Crippen molar-refractivity contribution < 1.29 is 58.2 Å². The summed E-state index contributed by atoms with van der Waals surface area (Å²) in [6.07, 6.45) is 61.8. The maximum atomic E-state index is 13.1. The molecule has 79 heavy (non-hydrogen) atoms. The van der Waals surface area contributed by atoms with Crippen molar-refractivity contribution in [2.75, 3.05) is 13.2 Å². The highest BCUT2D eigenvalue weighted by atomic mass is 16.7. The van der Waals surface area contributed by atoms with Crippen molar-refractivity contribution in [2.24, 2.45) is 0 Å². The number of rotatable bonds is 50. The van der Waals surface area contributed by atoms with Crippen LogP contribution in [0.3, 0.4) is 0 Å². The summed E-state index contributed by atoms with van der Waals surface area (Å²) in [4.78, 5) is 51.2. The van der Waals surface area contributed by atoms with Crippen molar-refractivity contribution in [3.05, 3.63) is 122 Å². The van der Waals surface area contributed by atoms with E-state index in [-0.39, 0.29) is 25.9 Å². The Morgan fingerprint density at radius 1 is 0.430 bits per heavy atom.